The molecule has 2 aromatic rings. The molecule has 1 aliphatic rings. The number of carbonyl (C=O) groups excluding carboxylic acids is 1. The van der Waals surface area contributed by atoms with Crippen molar-refractivity contribution in [2.45, 2.75) is 11.5 Å². The fourth-order valence-electron chi connectivity index (χ4n) is 2.60. The molecule has 0 spiro atoms. The Morgan fingerprint density at radius 1 is 1.07 bits per heavy atom. The predicted octanol–water partition coefficient (Wildman–Crippen LogP) is 3.37. The Kier molecular flexibility index (Phi) is 6.39. The molecule has 0 radical (unpaired) electrons. The molecule has 0 N–H and O–H groups in total. The molecule has 0 unspecified atom stereocenters. The van der Waals surface area contributed by atoms with Gasteiger partial charge in [0.05, 0.1) is 23.8 Å². The second-order valence-electron chi connectivity index (χ2n) is 5.83. The minimum Gasteiger partial charge on any atom is -0.457 e. The summed E-state index contributed by atoms with van der Waals surface area (Å²) in [6, 6.07) is 11.0. The predicted molar refractivity (Wildman–Crippen MR) is 102 cm³/mol. The van der Waals surface area contributed by atoms with Gasteiger partial charge in [-0.3, -0.25) is 0 Å². The average Bonchev–Trinajstić information content (AvgIpc) is 2.68. The summed E-state index contributed by atoms with van der Waals surface area (Å²) in [5.74, 6) is -0.662. The van der Waals surface area contributed by atoms with Gasteiger partial charge in [0.2, 0.25) is 10.0 Å². The number of sulfonamides is 1. The Labute approximate surface area is 167 Å². The van der Waals surface area contributed by atoms with Crippen molar-refractivity contribution in [1.82, 2.24) is 4.31 Å². The van der Waals surface area contributed by atoms with E-state index in [1.54, 1.807) is 24.3 Å². The molecule has 0 aromatic heterocycles. The number of carbonyl (C=O) groups is 1. The molecule has 0 atom stereocenters. The quantitative estimate of drug-likeness (QED) is 0.681. The molecular weight excluding hydrogens is 413 g/mol. The summed E-state index contributed by atoms with van der Waals surface area (Å²) in [6.45, 7) is 1.08. The van der Waals surface area contributed by atoms with Crippen LogP contribution in [0, 0.1) is 0 Å². The average molecular weight is 430 g/mol. The first-order valence-corrected chi connectivity index (χ1v) is 10.4. The highest BCUT2D eigenvalue weighted by atomic mass is 35.5. The van der Waals surface area contributed by atoms with Gasteiger partial charge in [-0.25, -0.2) is 13.2 Å². The minimum atomic E-state index is -3.83. The highest BCUT2D eigenvalue weighted by Crippen LogP contribution is 2.27. The van der Waals surface area contributed by atoms with Crippen molar-refractivity contribution in [1.29, 1.82) is 0 Å². The van der Waals surface area contributed by atoms with E-state index in [0.29, 0.717) is 23.8 Å². The lowest BCUT2D eigenvalue weighted by atomic mass is 10.2. The number of ether oxygens (including phenoxy) is 2. The number of esters is 1. The molecular formula is C18H17Cl2NO5S. The van der Waals surface area contributed by atoms with Gasteiger partial charge in [0.15, 0.2) is 0 Å². The lowest BCUT2D eigenvalue weighted by molar-refractivity contribution is 0.0472. The molecule has 2 aromatic carbocycles. The fourth-order valence-corrected chi connectivity index (χ4v) is 4.69. The van der Waals surface area contributed by atoms with Crippen molar-refractivity contribution >= 4 is 39.2 Å². The molecule has 1 aliphatic heterocycles. The smallest absolute Gasteiger partial charge is 0.338 e. The number of morpholine rings is 1. The van der Waals surface area contributed by atoms with Crippen LogP contribution < -0.4 is 0 Å². The Morgan fingerprint density at radius 2 is 1.78 bits per heavy atom. The van der Waals surface area contributed by atoms with Crippen LogP contribution in [0.2, 0.25) is 10.0 Å². The van der Waals surface area contributed by atoms with Crippen LogP contribution in [0.5, 0.6) is 0 Å². The maximum absolute atomic E-state index is 12.8. The zero-order valence-corrected chi connectivity index (χ0v) is 16.6. The number of rotatable bonds is 5. The van der Waals surface area contributed by atoms with E-state index in [0.717, 1.165) is 0 Å². The van der Waals surface area contributed by atoms with Crippen LogP contribution in [0.3, 0.4) is 0 Å². The molecule has 144 valence electrons. The molecule has 1 heterocycles. The normalized spacial score (nSPS) is 15.5. The van der Waals surface area contributed by atoms with Crippen LogP contribution in [0.4, 0.5) is 0 Å². The third kappa shape index (κ3) is 4.62. The van der Waals surface area contributed by atoms with Crippen LogP contribution in [0.15, 0.2) is 47.4 Å². The Morgan fingerprint density at radius 3 is 2.48 bits per heavy atom. The largest absolute Gasteiger partial charge is 0.457 e. The van der Waals surface area contributed by atoms with E-state index in [9.17, 15) is 13.2 Å². The van der Waals surface area contributed by atoms with Gasteiger partial charge in [-0.1, -0.05) is 41.4 Å². The van der Waals surface area contributed by atoms with Gasteiger partial charge in [-0.15, -0.1) is 0 Å². The van der Waals surface area contributed by atoms with E-state index in [-0.39, 0.29) is 35.2 Å². The standard InChI is InChI=1S/C18H17Cl2NO5S/c19-15-4-2-1-3-14(15)12-26-18(22)13-5-6-16(20)17(11-13)27(23,24)21-7-9-25-10-8-21/h1-6,11H,7-10,12H2. The molecule has 0 saturated carbocycles. The molecule has 6 nitrogen and oxygen atoms in total. The van der Waals surface area contributed by atoms with E-state index in [1.807, 2.05) is 0 Å². The van der Waals surface area contributed by atoms with Crippen LogP contribution in [0.25, 0.3) is 0 Å². The van der Waals surface area contributed by atoms with Gasteiger partial charge in [0.25, 0.3) is 0 Å². The Hall–Kier alpha value is -1.64. The molecule has 0 aliphatic carbocycles. The van der Waals surface area contributed by atoms with Crippen molar-refractivity contribution in [3.8, 4) is 0 Å². The Balaban J connectivity index is 1.80. The van der Waals surface area contributed by atoms with Crippen LogP contribution in [-0.4, -0.2) is 45.0 Å². The van der Waals surface area contributed by atoms with Crippen molar-refractivity contribution in [3.05, 3.63) is 63.6 Å². The topological polar surface area (TPSA) is 72.9 Å². The SMILES string of the molecule is O=C(OCc1ccccc1Cl)c1ccc(Cl)c(S(=O)(=O)N2CCOCC2)c1. The van der Waals surface area contributed by atoms with Gasteiger partial charge in [0, 0.05) is 23.7 Å². The monoisotopic (exact) mass is 429 g/mol. The van der Waals surface area contributed by atoms with Crippen molar-refractivity contribution in [3.63, 3.8) is 0 Å². The third-order valence-corrected chi connectivity index (χ3v) is 6.82. The number of hydrogen-bond donors (Lipinski definition) is 0. The molecule has 0 amide bonds. The van der Waals surface area contributed by atoms with Gasteiger partial charge >= 0.3 is 5.97 Å². The first kappa shape index (κ1) is 20.1. The summed E-state index contributed by atoms with van der Waals surface area (Å²) in [6.07, 6.45) is 0. The molecule has 0 bridgehead atoms. The van der Waals surface area contributed by atoms with Crippen molar-refractivity contribution < 1.29 is 22.7 Å². The molecule has 3 rings (SSSR count). The number of hydrogen-bond acceptors (Lipinski definition) is 5. The van der Waals surface area contributed by atoms with Crippen LogP contribution >= 0.6 is 23.2 Å². The summed E-state index contributed by atoms with van der Waals surface area (Å²) >= 11 is 12.1. The number of benzene rings is 2. The van der Waals surface area contributed by atoms with E-state index >= 15 is 0 Å². The van der Waals surface area contributed by atoms with Crippen molar-refractivity contribution in [2.24, 2.45) is 0 Å². The Bertz CT molecular complexity index is 943. The second kappa shape index (κ2) is 8.58. The van der Waals surface area contributed by atoms with Crippen LogP contribution in [-0.2, 0) is 26.1 Å². The van der Waals surface area contributed by atoms with E-state index in [1.165, 1.54) is 22.5 Å². The van der Waals surface area contributed by atoms with E-state index < -0.39 is 16.0 Å². The van der Waals surface area contributed by atoms with E-state index in [4.69, 9.17) is 32.7 Å². The summed E-state index contributed by atoms with van der Waals surface area (Å²) in [5.41, 5.74) is 0.751. The maximum atomic E-state index is 12.8. The summed E-state index contributed by atoms with van der Waals surface area (Å²) in [4.78, 5) is 12.2. The van der Waals surface area contributed by atoms with Gasteiger partial charge in [0.1, 0.15) is 11.5 Å². The molecule has 27 heavy (non-hydrogen) atoms. The second-order valence-corrected chi connectivity index (χ2v) is 8.55. The molecule has 1 fully saturated rings. The summed E-state index contributed by atoms with van der Waals surface area (Å²) in [7, 11) is -3.83. The highest BCUT2D eigenvalue weighted by Gasteiger charge is 2.29. The van der Waals surface area contributed by atoms with Crippen LogP contribution in [0.1, 0.15) is 15.9 Å². The molecule has 9 heteroatoms. The highest BCUT2D eigenvalue weighted by molar-refractivity contribution is 7.89. The first-order valence-electron chi connectivity index (χ1n) is 8.17. The lowest BCUT2D eigenvalue weighted by Crippen LogP contribution is -2.40. The summed E-state index contributed by atoms with van der Waals surface area (Å²) < 4.78 is 37.4. The maximum Gasteiger partial charge on any atom is 0.338 e. The number of halogens is 2. The van der Waals surface area contributed by atoms with Gasteiger partial charge < -0.3 is 9.47 Å². The zero-order valence-electron chi connectivity index (χ0n) is 14.2. The van der Waals surface area contributed by atoms with E-state index in [2.05, 4.69) is 0 Å². The first-order chi connectivity index (χ1) is 12.9. The lowest BCUT2D eigenvalue weighted by Gasteiger charge is -2.26. The van der Waals surface area contributed by atoms with Crippen molar-refractivity contribution in [2.75, 3.05) is 26.3 Å². The molecule has 1 saturated heterocycles. The minimum absolute atomic E-state index is 0.0212. The third-order valence-electron chi connectivity index (χ3n) is 4.07. The fraction of sp³-hybridized carbons (Fsp3) is 0.278. The van der Waals surface area contributed by atoms with Gasteiger partial charge in [-0.2, -0.15) is 4.31 Å². The zero-order chi connectivity index (χ0) is 19.4. The van der Waals surface area contributed by atoms with Gasteiger partial charge in [-0.05, 0) is 24.3 Å². The number of nitrogens with zero attached hydrogens (tertiary/aromatic N) is 1. The summed E-state index contributed by atoms with van der Waals surface area (Å²) in [5, 5.41) is 0.529.